The SMILES string of the molecule is CC(Oc1ccc2ccc(=O)oc2c1)C(N)=O. The number of benzene rings is 1. The summed E-state index contributed by atoms with van der Waals surface area (Å²) in [5, 5.41) is 0.781. The van der Waals surface area contributed by atoms with Gasteiger partial charge < -0.3 is 14.9 Å². The maximum Gasteiger partial charge on any atom is 0.336 e. The van der Waals surface area contributed by atoms with Crippen LogP contribution in [-0.2, 0) is 4.79 Å². The summed E-state index contributed by atoms with van der Waals surface area (Å²) in [6.07, 6.45) is -0.733. The number of ether oxygens (including phenoxy) is 1. The van der Waals surface area contributed by atoms with Crippen LogP contribution < -0.4 is 16.1 Å². The second-order valence-electron chi connectivity index (χ2n) is 3.62. The third kappa shape index (κ3) is 2.44. The van der Waals surface area contributed by atoms with Crippen molar-refractivity contribution < 1.29 is 13.9 Å². The highest BCUT2D eigenvalue weighted by Gasteiger charge is 2.10. The number of nitrogens with two attached hydrogens (primary N) is 1. The number of carbonyl (C=O) groups excluding carboxylic acids is 1. The van der Waals surface area contributed by atoms with E-state index in [-0.39, 0.29) is 0 Å². The van der Waals surface area contributed by atoms with Gasteiger partial charge in [-0.3, -0.25) is 4.79 Å². The number of primary amides is 1. The first-order valence-electron chi connectivity index (χ1n) is 5.06. The Hall–Kier alpha value is -2.30. The summed E-state index contributed by atoms with van der Waals surface area (Å²) >= 11 is 0. The maximum atomic E-state index is 11.0. The molecule has 0 aliphatic rings. The van der Waals surface area contributed by atoms with E-state index in [0.717, 1.165) is 5.39 Å². The van der Waals surface area contributed by atoms with Crippen LogP contribution in [0.15, 0.2) is 39.5 Å². The summed E-state index contributed by atoms with van der Waals surface area (Å²) in [6.45, 7) is 1.55. The van der Waals surface area contributed by atoms with E-state index in [9.17, 15) is 9.59 Å². The van der Waals surface area contributed by atoms with Crippen LogP contribution >= 0.6 is 0 Å². The highest BCUT2D eigenvalue weighted by Crippen LogP contribution is 2.20. The van der Waals surface area contributed by atoms with Crippen molar-refractivity contribution in [3.05, 3.63) is 40.8 Å². The Morgan fingerprint density at radius 1 is 1.35 bits per heavy atom. The second-order valence-corrected chi connectivity index (χ2v) is 3.62. The normalized spacial score (nSPS) is 12.3. The van der Waals surface area contributed by atoms with Gasteiger partial charge >= 0.3 is 5.63 Å². The molecule has 1 aromatic heterocycles. The van der Waals surface area contributed by atoms with Crippen LogP contribution in [0.1, 0.15) is 6.92 Å². The molecule has 5 nitrogen and oxygen atoms in total. The van der Waals surface area contributed by atoms with Crippen molar-refractivity contribution in [3.63, 3.8) is 0 Å². The molecule has 1 aromatic carbocycles. The van der Waals surface area contributed by atoms with Gasteiger partial charge in [0.2, 0.25) is 0 Å². The lowest BCUT2D eigenvalue weighted by molar-refractivity contribution is -0.123. The summed E-state index contributed by atoms with van der Waals surface area (Å²) in [5.74, 6) is -0.127. The van der Waals surface area contributed by atoms with Crippen LogP contribution in [0.25, 0.3) is 11.0 Å². The molecule has 0 saturated carbocycles. The second kappa shape index (κ2) is 4.29. The van der Waals surface area contributed by atoms with E-state index in [4.69, 9.17) is 14.9 Å². The van der Waals surface area contributed by atoms with E-state index in [0.29, 0.717) is 11.3 Å². The topological polar surface area (TPSA) is 82.5 Å². The predicted octanol–water partition coefficient (Wildman–Crippen LogP) is 1.05. The van der Waals surface area contributed by atoms with Gasteiger partial charge in [-0.05, 0) is 25.1 Å². The van der Waals surface area contributed by atoms with Crippen LogP contribution in [0.5, 0.6) is 5.75 Å². The van der Waals surface area contributed by atoms with Gasteiger partial charge in [0, 0.05) is 17.5 Å². The third-order valence-corrected chi connectivity index (χ3v) is 2.31. The van der Waals surface area contributed by atoms with Gasteiger partial charge in [0.25, 0.3) is 5.91 Å². The van der Waals surface area contributed by atoms with Gasteiger partial charge in [0.15, 0.2) is 6.10 Å². The Bertz CT molecular complexity index is 617. The fourth-order valence-electron chi connectivity index (χ4n) is 1.38. The Labute approximate surface area is 96.8 Å². The molecule has 0 saturated heterocycles. The molecular formula is C12H11NO4. The quantitative estimate of drug-likeness (QED) is 0.803. The first-order valence-corrected chi connectivity index (χ1v) is 5.06. The first-order chi connectivity index (χ1) is 8.06. The van der Waals surface area contributed by atoms with Gasteiger partial charge in [-0.25, -0.2) is 4.79 Å². The zero-order valence-electron chi connectivity index (χ0n) is 9.17. The van der Waals surface area contributed by atoms with Gasteiger partial charge in [0.1, 0.15) is 11.3 Å². The molecule has 0 aliphatic carbocycles. The lowest BCUT2D eigenvalue weighted by Gasteiger charge is -2.11. The molecule has 2 N–H and O–H groups in total. The van der Waals surface area contributed by atoms with E-state index >= 15 is 0 Å². The van der Waals surface area contributed by atoms with Crippen LogP contribution in [-0.4, -0.2) is 12.0 Å². The molecule has 0 spiro atoms. The molecule has 1 amide bonds. The van der Waals surface area contributed by atoms with Crippen LogP contribution in [0.3, 0.4) is 0 Å². The van der Waals surface area contributed by atoms with Crippen molar-refractivity contribution in [1.82, 2.24) is 0 Å². The molecule has 2 aromatic rings. The zero-order valence-corrected chi connectivity index (χ0v) is 9.17. The summed E-state index contributed by atoms with van der Waals surface area (Å²) in [5.41, 5.74) is 5.06. The van der Waals surface area contributed by atoms with E-state index < -0.39 is 17.6 Å². The summed E-state index contributed by atoms with van der Waals surface area (Å²) in [7, 11) is 0. The third-order valence-electron chi connectivity index (χ3n) is 2.31. The number of fused-ring (bicyclic) bond motifs is 1. The van der Waals surface area contributed by atoms with E-state index in [2.05, 4.69) is 0 Å². The number of rotatable bonds is 3. The molecule has 5 heteroatoms. The molecule has 2 rings (SSSR count). The number of carbonyl (C=O) groups is 1. The monoisotopic (exact) mass is 233 g/mol. The summed E-state index contributed by atoms with van der Waals surface area (Å²) < 4.78 is 10.3. The number of hydrogen-bond donors (Lipinski definition) is 1. The highest BCUT2D eigenvalue weighted by molar-refractivity contribution is 5.80. The van der Waals surface area contributed by atoms with Crippen molar-refractivity contribution in [2.24, 2.45) is 5.73 Å². The molecule has 1 unspecified atom stereocenters. The van der Waals surface area contributed by atoms with Gasteiger partial charge in [-0.15, -0.1) is 0 Å². The molecule has 0 radical (unpaired) electrons. The molecule has 1 atom stereocenters. The van der Waals surface area contributed by atoms with E-state index in [1.807, 2.05) is 0 Å². The number of amides is 1. The zero-order chi connectivity index (χ0) is 12.4. The minimum absolute atomic E-state index is 0.409. The fourth-order valence-corrected chi connectivity index (χ4v) is 1.38. The fraction of sp³-hybridized carbons (Fsp3) is 0.167. The van der Waals surface area contributed by atoms with Crippen LogP contribution in [0.4, 0.5) is 0 Å². The standard InChI is InChI=1S/C12H11NO4/c1-7(12(13)15)16-9-4-2-8-3-5-11(14)17-10(8)6-9/h2-7H,1H3,(H2,13,15). The molecular weight excluding hydrogens is 222 g/mol. The molecule has 1 heterocycles. The van der Waals surface area contributed by atoms with Gasteiger partial charge in [-0.2, -0.15) is 0 Å². The molecule has 17 heavy (non-hydrogen) atoms. The minimum Gasteiger partial charge on any atom is -0.481 e. The van der Waals surface area contributed by atoms with Crippen molar-refractivity contribution in [3.8, 4) is 5.75 Å². The average Bonchev–Trinajstić information content (AvgIpc) is 2.28. The van der Waals surface area contributed by atoms with Crippen molar-refractivity contribution in [1.29, 1.82) is 0 Å². The Morgan fingerprint density at radius 2 is 2.06 bits per heavy atom. The smallest absolute Gasteiger partial charge is 0.336 e. The molecule has 88 valence electrons. The van der Waals surface area contributed by atoms with Crippen LogP contribution in [0.2, 0.25) is 0 Å². The summed E-state index contributed by atoms with van der Waals surface area (Å²) in [4.78, 5) is 21.9. The number of hydrogen-bond acceptors (Lipinski definition) is 4. The Kier molecular flexibility index (Phi) is 2.82. The lowest BCUT2D eigenvalue weighted by Crippen LogP contribution is -2.30. The van der Waals surface area contributed by atoms with Gasteiger partial charge in [0.05, 0.1) is 0 Å². The van der Waals surface area contributed by atoms with Crippen molar-refractivity contribution in [2.45, 2.75) is 13.0 Å². The predicted molar refractivity (Wildman–Crippen MR) is 61.8 cm³/mol. The lowest BCUT2D eigenvalue weighted by atomic mass is 10.2. The summed E-state index contributed by atoms with van der Waals surface area (Å²) in [6, 6.07) is 7.97. The maximum absolute atomic E-state index is 11.0. The molecule has 0 bridgehead atoms. The Balaban J connectivity index is 2.37. The van der Waals surface area contributed by atoms with Crippen molar-refractivity contribution >= 4 is 16.9 Å². The van der Waals surface area contributed by atoms with E-state index in [1.165, 1.54) is 6.07 Å². The first kappa shape index (κ1) is 11.2. The minimum atomic E-state index is -0.733. The van der Waals surface area contributed by atoms with Gasteiger partial charge in [-0.1, -0.05) is 0 Å². The van der Waals surface area contributed by atoms with E-state index in [1.54, 1.807) is 31.2 Å². The average molecular weight is 233 g/mol. The largest absolute Gasteiger partial charge is 0.481 e. The van der Waals surface area contributed by atoms with Crippen LogP contribution in [0, 0.1) is 0 Å². The molecule has 0 fully saturated rings. The molecule has 0 aliphatic heterocycles. The Morgan fingerprint density at radius 3 is 2.76 bits per heavy atom. The van der Waals surface area contributed by atoms with Crippen molar-refractivity contribution in [2.75, 3.05) is 0 Å². The highest BCUT2D eigenvalue weighted by atomic mass is 16.5.